The molecule has 0 aromatic heterocycles. The summed E-state index contributed by atoms with van der Waals surface area (Å²) in [6.07, 6.45) is 2.61. The fourth-order valence-electron chi connectivity index (χ4n) is 3.28. The molecule has 0 aliphatic carbocycles. The summed E-state index contributed by atoms with van der Waals surface area (Å²) in [6.45, 7) is 4.76. The average molecular weight is 368 g/mol. The van der Waals surface area contributed by atoms with Crippen LogP contribution in [0.15, 0.2) is 24.3 Å². The summed E-state index contributed by atoms with van der Waals surface area (Å²) < 4.78 is 26.3. The van der Waals surface area contributed by atoms with Gasteiger partial charge in [-0.2, -0.15) is 4.31 Å². The third kappa shape index (κ3) is 5.26. The van der Waals surface area contributed by atoms with Crippen molar-refractivity contribution in [1.82, 2.24) is 9.62 Å². The highest BCUT2D eigenvalue weighted by Crippen LogP contribution is 2.22. The standard InChI is InChI=1S/C18H29N3O3S/c1-3-15-6-4-7-16(13-15)18(22)20-17-8-10-21(14(2)12-17)25(23,24)11-5-9-19/h4,6-7,13-14,17H,3,5,8-12,19H2,1-2H3,(H,20,22). The van der Waals surface area contributed by atoms with E-state index >= 15 is 0 Å². The Morgan fingerprint density at radius 1 is 1.40 bits per heavy atom. The molecule has 1 aliphatic heterocycles. The SMILES string of the molecule is CCc1cccc(C(=O)NC2CCN(S(=O)(=O)CCCN)C(C)C2)c1. The van der Waals surface area contributed by atoms with Crippen LogP contribution in [-0.2, 0) is 16.4 Å². The summed E-state index contributed by atoms with van der Waals surface area (Å²) in [5, 5.41) is 3.05. The summed E-state index contributed by atoms with van der Waals surface area (Å²) in [4.78, 5) is 12.5. The van der Waals surface area contributed by atoms with Crippen LogP contribution in [0, 0.1) is 0 Å². The predicted molar refractivity (Wildman–Crippen MR) is 99.9 cm³/mol. The fraction of sp³-hybridized carbons (Fsp3) is 0.611. The second-order valence-corrected chi connectivity index (χ2v) is 8.71. The number of sulfonamides is 1. The van der Waals surface area contributed by atoms with Gasteiger partial charge in [-0.3, -0.25) is 4.79 Å². The van der Waals surface area contributed by atoms with Crippen molar-refractivity contribution >= 4 is 15.9 Å². The number of benzene rings is 1. The minimum atomic E-state index is -3.27. The first-order chi connectivity index (χ1) is 11.9. The minimum absolute atomic E-state index is 0.00580. The van der Waals surface area contributed by atoms with E-state index in [0.717, 1.165) is 12.0 Å². The van der Waals surface area contributed by atoms with Crippen molar-refractivity contribution in [3.8, 4) is 0 Å². The Bertz CT molecular complexity index is 691. The van der Waals surface area contributed by atoms with Crippen LogP contribution in [0.5, 0.6) is 0 Å². The van der Waals surface area contributed by atoms with Gasteiger partial charge < -0.3 is 11.1 Å². The highest BCUT2D eigenvalue weighted by molar-refractivity contribution is 7.89. The van der Waals surface area contributed by atoms with E-state index in [4.69, 9.17) is 5.73 Å². The lowest BCUT2D eigenvalue weighted by Gasteiger charge is -2.37. The van der Waals surface area contributed by atoms with Crippen LogP contribution in [0.2, 0.25) is 0 Å². The molecular formula is C18H29N3O3S. The van der Waals surface area contributed by atoms with E-state index in [9.17, 15) is 13.2 Å². The molecule has 25 heavy (non-hydrogen) atoms. The van der Waals surface area contributed by atoms with Gasteiger partial charge in [0.25, 0.3) is 5.91 Å². The fourth-order valence-corrected chi connectivity index (χ4v) is 5.06. The Labute approximate surface area is 150 Å². The van der Waals surface area contributed by atoms with Crippen LogP contribution in [0.4, 0.5) is 0 Å². The number of hydrogen-bond acceptors (Lipinski definition) is 4. The molecule has 0 spiro atoms. The lowest BCUT2D eigenvalue weighted by Crippen LogP contribution is -2.51. The topological polar surface area (TPSA) is 92.5 Å². The van der Waals surface area contributed by atoms with Gasteiger partial charge in [0.1, 0.15) is 0 Å². The molecule has 1 fully saturated rings. The molecule has 2 rings (SSSR count). The summed E-state index contributed by atoms with van der Waals surface area (Å²) in [7, 11) is -3.27. The molecule has 1 amide bonds. The Hall–Kier alpha value is -1.44. The number of nitrogens with one attached hydrogen (secondary N) is 1. The second kappa shape index (κ2) is 8.78. The third-order valence-corrected chi connectivity index (χ3v) is 6.77. The molecule has 3 N–H and O–H groups in total. The van der Waals surface area contributed by atoms with Crippen LogP contribution in [0.1, 0.15) is 49.0 Å². The van der Waals surface area contributed by atoms with Crippen molar-refractivity contribution < 1.29 is 13.2 Å². The zero-order valence-corrected chi connectivity index (χ0v) is 15.9. The van der Waals surface area contributed by atoms with Gasteiger partial charge in [-0.25, -0.2) is 8.42 Å². The number of piperidine rings is 1. The van der Waals surface area contributed by atoms with Crippen molar-refractivity contribution in [3.63, 3.8) is 0 Å². The van der Waals surface area contributed by atoms with Gasteiger partial charge in [-0.1, -0.05) is 19.1 Å². The Morgan fingerprint density at radius 2 is 2.16 bits per heavy atom. The summed E-state index contributed by atoms with van der Waals surface area (Å²) in [5.74, 6) is 0.00114. The molecule has 2 atom stereocenters. The monoisotopic (exact) mass is 367 g/mol. The molecule has 1 aromatic rings. The van der Waals surface area contributed by atoms with Crippen LogP contribution in [0.3, 0.4) is 0 Å². The molecule has 2 unspecified atom stereocenters. The average Bonchev–Trinajstić information content (AvgIpc) is 2.60. The van der Waals surface area contributed by atoms with Crippen molar-refractivity contribution in [2.75, 3.05) is 18.8 Å². The van der Waals surface area contributed by atoms with Crippen molar-refractivity contribution in [3.05, 3.63) is 35.4 Å². The Morgan fingerprint density at radius 3 is 2.80 bits per heavy atom. The van der Waals surface area contributed by atoms with Gasteiger partial charge in [0.15, 0.2) is 0 Å². The zero-order chi connectivity index (χ0) is 18.4. The first-order valence-electron chi connectivity index (χ1n) is 8.96. The summed E-state index contributed by atoms with van der Waals surface area (Å²) in [5.41, 5.74) is 7.21. The van der Waals surface area contributed by atoms with E-state index in [1.54, 1.807) is 4.31 Å². The number of amides is 1. The van der Waals surface area contributed by atoms with Crippen molar-refractivity contribution in [1.29, 1.82) is 0 Å². The first kappa shape index (κ1) is 19.9. The lowest BCUT2D eigenvalue weighted by molar-refractivity contribution is 0.0914. The molecule has 7 heteroatoms. The van der Waals surface area contributed by atoms with E-state index in [1.165, 1.54) is 0 Å². The van der Waals surface area contributed by atoms with Gasteiger partial charge in [0.05, 0.1) is 5.75 Å². The Kier molecular flexibility index (Phi) is 6.98. The highest BCUT2D eigenvalue weighted by Gasteiger charge is 2.33. The van der Waals surface area contributed by atoms with Crippen LogP contribution in [0.25, 0.3) is 0 Å². The molecule has 1 saturated heterocycles. The molecule has 6 nitrogen and oxygen atoms in total. The second-order valence-electron chi connectivity index (χ2n) is 6.67. The molecule has 1 aromatic carbocycles. The molecule has 0 bridgehead atoms. The summed E-state index contributed by atoms with van der Waals surface area (Å²) >= 11 is 0. The number of aryl methyl sites for hydroxylation is 1. The van der Waals surface area contributed by atoms with E-state index in [0.29, 0.717) is 37.9 Å². The van der Waals surface area contributed by atoms with E-state index in [2.05, 4.69) is 12.2 Å². The highest BCUT2D eigenvalue weighted by atomic mass is 32.2. The first-order valence-corrected chi connectivity index (χ1v) is 10.6. The van der Waals surface area contributed by atoms with Crippen LogP contribution >= 0.6 is 0 Å². The van der Waals surface area contributed by atoms with E-state index in [-0.39, 0.29) is 23.7 Å². The molecule has 1 heterocycles. The van der Waals surface area contributed by atoms with Gasteiger partial charge >= 0.3 is 0 Å². The van der Waals surface area contributed by atoms with Crippen molar-refractivity contribution in [2.45, 2.75) is 51.6 Å². The maximum Gasteiger partial charge on any atom is 0.251 e. The largest absolute Gasteiger partial charge is 0.349 e. The molecular weight excluding hydrogens is 338 g/mol. The minimum Gasteiger partial charge on any atom is -0.349 e. The van der Waals surface area contributed by atoms with E-state index in [1.807, 2.05) is 31.2 Å². The predicted octanol–water partition coefficient (Wildman–Crippen LogP) is 1.51. The number of carbonyl (C=O) groups excluding carboxylic acids is 1. The molecule has 0 radical (unpaired) electrons. The maximum atomic E-state index is 12.5. The van der Waals surface area contributed by atoms with E-state index < -0.39 is 10.0 Å². The lowest BCUT2D eigenvalue weighted by atomic mass is 10.00. The molecule has 1 aliphatic rings. The van der Waals surface area contributed by atoms with Gasteiger partial charge in [0.2, 0.25) is 10.0 Å². The number of hydrogen-bond donors (Lipinski definition) is 2. The summed E-state index contributed by atoms with van der Waals surface area (Å²) in [6, 6.07) is 7.49. The van der Waals surface area contributed by atoms with Crippen LogP contribution < -0.4 is 11.1 Å². The number of nitrogens with zero attached hydrogens (tertiary/aromatic N) is 1. The normalized spacial score (nSPS) is 21.9. The van der Waals surface area contributed by atoms with Gasteiger partial charge in [0, 0.05) is 24.2 Å². The van der Waals surface area contributed by atoms with Crippen molar-refractivity contribution in [2.24, 2.45) is 5.73 Å². The third-order valence-electron chi connectivity index (χ3n) is 4.71. The Balaban J connectivity index is 1.95. The number of carbonyl (C=O) groups is 1. The number of nitrogens with two attached hydrogens (primary N) is 1. The van der Waals surface area contributed by atoms with Gasteiger partial charge in [-0.05, 0) is 56.8 Å². The zero-order valence-electron chi connectivity index (χ0n) is 15.1. The quantitative estimate of drug-likeness (QED) is 0.764. The smallest absolute Gasteiger partial charge is 0.251 e. The molecule has 0 saturated carbocycles. The van der Waals surface area contributed by atoms with Gasteiger partial charge in [-0.15, -0.1) is 0 Å². The maximum absolute atomic E-state index is 12.5. The molecule has 140 valence electrons. The number of rotatable bonds is 7. The van der Waals surface area contributed by atoms with Crippen LogP contribution in [-0.4, -0.2) is 49.6 Å².